The van der Waals surface area contributed by atoms with Crippen LogP contribution in [0.1, 0.15) is 11.1 Å². The zero-order valence-electron chi connectivity index (χ0n) is 11.3. The van der Waals surface area contributed by atoms with Crippen molar-refractivity contribution in [2.45, 2.75) is 6.54 Å². The maximum Gasteiger partial charge on any atom is 0.329 e. The van der Waals surface area contributed by atoms with Gasteiger partial charge in [-0.3, -0.25) is 15.0 Å². The zero-order valence-corrected chi connectivity index (χ0v) is 11.3. The van der Waals surface area contributed by atoms with E-state index in [1.54, 1.807) is 6.08 Å². The summed E-state index contributed by atoms with van der Waals surface area (Å²) in [7, 11) is 0. The first-order chi connectivity index (χ1) is 10.2. The van der Waals surface area contributed by atoms with Crippen LogP contribution in [-0.2, 0) is 11.3 Å². The molecule has 1 aliphatic heterocycles. The van der Waals surface area contributed by atoms with E-state index in [9.17, 15) is 9.59 Å². The summed E-state index contributed by atoms with van der Waals surface area (Å²) in [5, 5.41) is 2.34. The first-order valence-electron chi connectivity index (χ1n) is 6.67. The Morgan fingerprint density at radius 3 is 2.19 bits per heavy atom. The molecule has 1 N–H and O–H groups in total. The van der Waals surface area contributed by atoms with Gasteiger partial charge in [-0.05, 0) is 17.2 Å². The number of urea groups is 1. The van der Waals surface area contributed by atoms with Crippen molar-refractivity contribution in [3.8, 4) is 0 Å². The van der Waals surface area contributed by atoms with Crippen molar-refractivity contribution in [1.29, 1.82) is 0 Å². The normalized spacial score (nSPS) is 16.4. The molecule has 0 unspecified atom stereocenters. The Hall–Kier alpha value is -2.88. The van der Waals surface area contributed by atoms with Crippen molar-refractivity contribution < 1.29 is 9.59 Å². The van der Waals surface area contributed by atoms with Crippen molar-refractivity contribution in [3.63, 3.8) is 0 Å². The van der Waals surface area contributed by atoms with Gasteiger partial charge in [0.25, 0.3) is 5.91 Å². The summed E-state index contributed by atoms with van der Waals surface area (Å²) in [6.45, 7) is 0.372. The van der Waals surface area contributed by atoms with Gasteiger partial charge >= 0.3 is 6.03 Å². The third kappa shape index (κ3) is 2.84. The fourth-order valence-corrected chi connectivity index (χ4v) is 2.23. The second kappa shape index (κ2) is 5.63. The largest absolute Gasteiger partial charge is 0.329 e. The van der Waals surface area contributed by atoms with E-state index in [1.807, 2.05) is 60.7 Å². The van der Waals surface area contributed by atoms with E-state index in [0.29, 0.717) is 12.2 Å². The number of carbonyl (C=O) groups excluding carboxylic acids is 2. The van der Waals surface area contributed by atoms with Crippen LogP contribution in [0.2, 0.25) is 0 Å². The lowest BCUT2D eigenvalue weighted by molar-refractivity contribution is -0.116. The molecule has 0 aromatic heterocycles. The Morgan fingerprint density at radius 1 is 0.905 bits per heavy atom. The number of nitrogens with one attached hydrogen (secondary N) is 1. The average Bonchev–Trinajstić information content (AvgIpc) is 2.76. The Bertz CT molecular complexity index is 693. The molecule has 1 aliphatic rings. The van der Waals surface area contributed by atoms with Crippen LogP contribution < -0.4 is 5.32 Å². The molecule has 1 saturated heterocycles. The Balaban J connectivity index is 1.91. The second-order valence-corrected chi connectivity index (χ2v) is 4.77. The van der Waals surface area contributed by atoms with Gasteiger partial charge in [-0.15, -0.1) is 0 Å². The van der Waals surface area contributed by atoms with Crippen molar-refractivity contribution in [3.05, 3.63) is 77.5 Å². The Kier molecular flexibility index (Phi) is 3.51. The van der Waals surface area contributed by atoms with Crippen LogP contribution in [0.4, 0.5) is 4.79 Å². The number of hydrogen-bond donors (Lipinski definition) is 1. The van der Waals surface area contributed by atoms with Crippen molar-refractivity contribution in [1.82, 2.24) is 10.2 Å². The fraction of sp³-hybridized carbons (Fsp3) is 0.0588. The van der Waals surface area contributed by atoms with Gasteiger partial charge in [0, 0.05) is 0 Å². The number of hydrogen-bond acceptors (Lipinski definition) is 2. The smallest absolute Gasteiger partial charge is 0.284 e. The lowest BCUT2D eigenvalue weighted by Crippen LogP contribution is -2.27. The topological polar surface area (TPSA) is 49.4 Å². The van der Waals surface area contributed by atoms with Gasteiger partial charge in [0.1, 0.15) is 5.70 Å². The van der Waals surface area contributed by atoms with Crippen LogP contribution in [-0.4, -0.2) is 16.8 Å². The Labute approximate surface area is 122 Å². The summed E-state index contributed by atoms with van der Waals surface area (Å²) < 4.78 is 0. The minimum absolute atomic E-state index is 0.361. The van der Waals surface area contributed by atoms with E-state index in [0.717, 1.165) is 11.1 Å². The molecule has 2 aromatic rings. The number of rotatable bonds is 3. The third-order valence-corrected chi connectivity index (χ3v) is 3.28. The van der Waals surface area contributed by atoms with E-state index < -0.39 is 0 Å². The molecule has 4 heteroatoms. The predicted octanol–water partition coefficient (Wildman–Crippen LogP) is 2.78. The van der Waals surface area contributed by atoms with E-state index in [-0.39, 0.29) is 11.9 Å². The number of nitrogens with zero attached hydrogens (tertiary/aromatic N) is 1. The monoisotopic (exact) mass is 278 g/mol. The summed E-state index contributed by atoms with van der Waals surface area (Å²) in [5.74, 6) is -0.361. The van der Waals surface area contributed by atoms with Crippen LogP contribution in [0.15, 0.2) is 66.4 Å². The van der Waals surface area contributed by atoms with Gasteiger partial charge in [0.2, 0.25) is 0 Å². The van der Waals surface area contributed by atoms with Gasteiger partial charge < -0.3 is 0 Å². The molecule has 3 rings (SSSR count). The minimum atomic E-state index is -0.383. The van der Waals surface area contributed by atoms with Crippen LogP contribution in [0.25, 0.3) is 6.08 Å². The molecular formula is C17H14N2O2. The summed E-state index contributed by atoms with van der Waals surface area (Å²) >= 11 is 0. The van der Waals surface area contributed by atoms with Gasteiger partial charge in [0.05, 0.1) is 6.54 Å². The van der Waals surface area contributed by atoms with Gasteiger partial charge in [-0.2, -0.15) is 0 Å². The maximum atomic E-state index is 11.9. The average molecular weight is 278 g/mol. The van der Waals surface area contributed by atoms with Crippen LogP contribution >= 0.6 is 0 Å². The molecule has 2 aromatic carbocycles. The summed E-state index contributed by atoms with van der Waals surface area (Å²) in [5.41, 5.74) is 2.23. The number of carbonyl (C=O) groups is 2. The maximum absolute atomic E-state index is 11.9. The molecule has 0 atom stereocenters. The van der Waals surface area contributed by atoms with Crippen molar-refractivity contribution in [2.24, 2.45) is 0 Å². The highest BCUT2D eigenvalue weighted by Crippen LogP contribution is 2.19. The Morgan fingerprint density at radius 2 is 1.52 bits per heavy atom. The molecule has 104 valence electrons. The molecule has 0 radical (unpaired) electrons. The second-order valence-electron chi connectivity index (χ2n) is 4.77. The van der Waals surface area contributed by atoms with E-state index in [2.05, 4.69) is 5.32 Å². The predicted molar refractivity (Wildman–Crippen MR) is 79.9 cm³/mol. The third-order valence-electron chi connectivity index (χ3n) is 3.28. The minimum Gasteiger partial charge on any atom is -0.284 e. The van der Waals surface area contributed by atoms with Gasteiger partial charge in [-0.25, -0.2) is 4.79 Å². The lowest BCUT2D eigenvalue weighted by atomic mass is 10.1. The molecule has 4 nitrogen and oxygen atoms in total. The van der Waals surface area contributed by atoms with Crippen LogP contribution in [0.5, 0.6) is 0 Å². The van der Waals surface area contributed by atoms with E-state index in [1.165, 1.54) is 4.90 Å². The standard InChI is InChI=1S/C17H14N2O2/c20-16-15(11-13-7-3-1-4-8-13)19(17(21)18-16)12-14-9-5-2-6-10-14/h1-11H,12H2,(H,18,20,21)/b15-11-. The molecule has 0 saturated carbocycles. The van der Waals surface area contributed by atoms with Gasteiger partial charge in [-0.1, -0.05) is 60.7 Å². The molecule has 1 fully saturated rings. The number of benzene rings is 2. The number of imide groups is 1. The molecular weight excluding hydrogens is 264 g/mol. The summed E-state index contributed by atoms with van der Waals surface area (Å²) in [6, 6.07) is 18.7. The highest BCUT2D eigenvalue weighted by molar-refractivity contribution is 6.13. The zero-order chi connectivity index (χ0) is 14.7. The lowest BCUT2D eigenvalue weighted by Gasteiger charge is -2.15. The van der Waals surface area contributed by atoms with Crippen molar-refractivity contribution in [2.75, 3.05) is 0 Å². The van der Waals surface area contributed by atoms with E-state index >= 15 is 0 Å². The summed E-state index contributed by atoms with van der Waals surface area (Å²) in [6.07, 6.45) is 1.73. The van der Waals surface area contributed by atoms with Crippen LogP contribution in [0.3, 0.4) is 0 Å². The van der Waals surface area contributed by atoms with Gasteiger partial charge in [0.15, 0.2) is 0 Å². The number of amides is 3. The SMILES string of the molecule is O=C1NC(=O)N(Cc2ccccc2)/C1=C\c1ccccc1. The molecule has 3 amide bonds. The molecule has 21 heavy (non-hydrogen) atoms. The highest BCUT2D eigenvalue weighted by Gasteiger charge is 2.32. The molecule has 0 spiro atoms. The first kappa shape index (κ1) is 13.1. The van der Waals surface area contributed by atoms with E-state index in [4.69, 9.17) is 0 Å². The fourth-order valence-electron chi connectivity index (χ4n) is 2.23. The molecule has 1 heterocycles. The van der Waals surface area contributed by atoms with Crippen molar-refractivity contribution >= 4 is 18.0 Å². The first-order valence-corrected chi connectivity index (χ1v) is 6.67. The quantitative estimate of drug-likeness (QED) is 0.693. The molecule has 0 bridgehead atoms. The highest BCUT2D eigenvalue weighted by atomic mass is 16.2. The molecule has 0 aliphatic carbocycles. The van der Waals surface area contributed by atoms with Crippen LogP contribution in [0, 0.1) is 0 Å². The summed E-state index contributed by atoms with van der Waals surface area (Å²) in [4.78, 5) is 25.4.